The number of hydrogen-bond donors (Lipinski definition) is 1. The first-order valence-electron chi connectivity index (χ1n) is 9.31. The van der Waals surface area contributed by atoms with Gasteiger partial charge in [-0.05, 0) is 76.0 Å². The molecule has 0 aromatic carbocycles. The zero-order valence-electron chi connectivity index (χ0n) is 13.4. The van der Waals surface area contributed by atoms with E-state index in [0.717, 1.165) is 23.8 Å². The fourth-order valence-electron chi connectivity index (χ4n) is 4.90. The average molecular weight is 278 g/mol. The maximum atomic E-state index is 3.94. The van der Waals surface area contributed by atoms with Crippen LogP contribution in [0.4, 0.5) is 0 Å². The number of nitrogens with zero attached hydrogens (tertiary/aromatic N) is 1. The van der Waals surface area contributed by atoms with E-state index in [2.05, 4.69) is 17.1 Å². The largest absolute Gasteiger partial charge is 0.314 e. The second kappa shape index (κ2) is 7.26. The number of nitrogens with one attached hydrogen (secondary N) is 1. The van der Waals surface area contributed by atoms with Gasteiger partial charge in [-0.3, -0.25) is 0 Å². The molecule has 2 heteroatoms. The first-order chi connectivity index (χ1) is 9.85. The van der Waals surface area contributed by atoms with Crippen LogP contribution in [0.15, 0.2) is 0 Å². The summed E-state index contributed by atoms with van der Waals surface area (Å²) in [5.74, 6) is 3.11. The summed E-state index contributed by atoms with van der Waals surface area (Å²) in [6.45, 7) is 7.49. The second-order valence-corrected chi connectivity index (χ2v) is 7.60. The van der Waals surface area contributed by atoms with Gasteiger partial charge in [0.1, 0.15) is 0 Å². The Bertz CT molecular complexity index is 283. The van der Waals surface area contributed by atoms with Crippen molar-refractivity contribution in [3.8, 4) is 0 Å². The van der Waals surface area contributed by atoms with Crippen LogP contribution < -0.4 is 5.32 Å². The van der Waals surface area contributed by atoms with E-state index in [1.165, 1.54) is 84.0 Å². The summed E-state index contributed by atoms with van der Waals surface area (Å²) in [4.78, 5) is 2.60. The van der Waals surface area contributed by atoms with Crippen molar-refractivity contribution in [1.29, 1.82) is 0 Å². The van der Waals surface area contributed by atoms with E-state index in [0.29, 0.717) is 0 Å². The molecule has 1 heterocycles. The lowest BCUT2D eigenvalue weighted by Crippen LogP contribution is -2.43. The maximum absolute atomic E-state index is 3.94. The third-order valence-corrected chi connectivity index (χ3v) is 6.39. The summed E-state index contributed by atoms with van der Waals surface area (Å²) >= 11 is 0. The molecule has 3 unspecified atom stereocenters. The molecule has 2 nitrogen and oxygen atoms in total. The lowest BCUT2D eigenvalue weighted by atomic mass is 9.69. The molecule has 20 heavy (non-hydrogen) atoms. The Morgan fingerprint density at radius 2 is 1.65 bits per heavy atom. The topological polar surface area (TPSA) is 15.3 Å². The zero-order valence-corrected chi connectivity index (χ0v) is 13.4. The minimum absolute atomic E-state index is 0.846. The van der Waals surface area contributed by atoms with Crippen LogP contribution in [-0.4, -0.2) is 37.1 Å². The summed E-state index contributed by atoms with van der Waals surface area (Å²) in [5.41, 5.74) is 0. The second-order valence-electron chi connectivity index (χ2n) is 7.60. The maximum Gasteiger partial charge on any atom is 0.00700 e. The first kappa shape index (κ1) is 14.8. The summed E-state index contributed by atoms with van der Waals surface area (Å²) < 4.78 is 0. The van der Waals surface area contributed by atoms with Crippen LogP contribution in [0.2, 0.25) is 0 Å². The molecule has 0 amide bonds. The number of piperidine rings is 1. The summed E-state index contributed by atoms with van der Waals surface area (Å²) in [6.07, 6.45) is 13.4. The van der Waals surface area contributed by atoms with E-state index in [4.69, 9.17) is 0 Å². The average Bonchev–Trinajstić information content (AvgIpc) is 2.53. The van der Waals surface area contributed by atoms with Gasteiger partial charge < -0.3 is 10.2 Å². The Balaban J connectivity index is 1.36. The van der Waals surface area contributed by atoms with Crippen LogP contribution in [0.3, 0.4) is 0 Å². The summed E-state index contributed by atoms with van der Waals surface area (Å²) in [5, 5.41) is 3.94. The Hall–Kier alpha value is -0.0800. The molecule has 0 aromatic rings. The molecular weight excluding hydrogens is 244 g/mol. The monoisotopic (exact) mass is 278 g/mol. The standard InChI is InChI=1S/C18H34N2/c1-2-20-11-9-15(10-12-20)14-19-18-8-7-16-5-3-4-6-17(16)13-18/h15-19H,2-14H2,1H3. The minimum atomic E-state index is 0.846. The van der Waals surface area contributed by atoms with Crippen LogP contribution >= 0.6 is 0 Å². The van der Waals surface area contributed by atoms with Crippen LogP contribution in [-0.2, 0) is 0 Å². The van der Waals surface area contributed by atoms with Gasteiger partial charge in [0.2, 0.25) is 0 Å². The lowest BCUT2D eigenvalue weighted by molar-refractivity contribution is 0.135. The van der Waals surface area contributed by atoms with Crippen LogP contribution in [0.1, 0.15) is 64.7 Å². The highest BCUT2D eigenvalue weighted by Crippen LogP contribution is 2.40. The van der Waals surface area contributed by atoms with Gasteiger partial charge in [0.15, 0.2) is 0 Å². The quantitative estimate of drug-likeness (QED) is 0.844. The smallest absolute Gasteiger partial charge is 0.00700 e. The Labute approximate surface area is 125 Å². The van der Waals surface area contributed by atoms with E-state index in [1.54, 1.807) is 0 Å². The van der Waals surface area contributed by atoms with Gasteiger partial charge in [-0.1, -0.05) is 32.6 Å². The molecule has 1 N–H and O–H groups in total. The third-order valence-electron chi connectivity index (χ3n) is 6.39. The van der Waals surface area contributed by atoms with Gasteiger partial charge in [-0.2, -0.15) is 0 Å². The van der Waals surface area contributed by atoms with E-state index in [9.17, 15) is 0 Å². The SMILES string of the molecule is CCN1CCC(CNC2CCC3CCCCC3C2)CC1. The van der Waals surface area contributed by atoms with E-state index < -0.39 is 0 Å². The van der Waals surface area contributed by atoms with Crippen molar-refractivity contribution in [2.75, 3.05) is 26.2 Å². The van der Waals surface area contributed by atoms with Crippen molar-refractivity contribution >= 4 is 0 Å². The Kier molecular flexibility index (Phi) is 5.39. The van der Waals surface area contributed by atoms with Gasteiger partial charge >= 0.3 is 0 Å². The van der Waals surface area contributed by atoms with E-state index >= 15 is 0 Å². The fourth-order valence-corrected chi connectivity index (χ4v) is 4.90. The molecule has 3 atom stereocenters. The third kappa shape index (κ3) is 3.76. The Morgan fingerprint density at radius 3 is 2.40 bits per heavy atom. The molecule has 2 saturated carbocycles. The number of likely N-dealkylation sites (tertiary alicyclic amines) is 1. The number of rotatable bonds is 4. The van der Waals surface area contributed by atoms with Gasteiger partial charge in [0, 0.05) is 6.04 Å². The highest BCUT2D eigenvalue weighted by molar-refractivity contribution is 4.87. The highest BCUT2D eigenvalue weighted by Gasteiger charge is 2.32. The van der Waals surface area contributed by atoms with Crippen molar-refractivity contribution in [2.45, 2.75) is 70.8 Å². The van der Waals surface area contributed by atoms with Crippen LogP contribution in [0.5, 0.6) is 0 Å². The molecule has 3 fully saturated rings. The van der Waals surface area contributed by atoms with Gasteiger partial charge in [-0.25, -0.2) is 0 Å². The molecule has 1 saturated heterocycles. The van der Waals surface area contributed by atoms with Crippen molar-refractivity contribution in [3.63, 3.8) is 0 Å². The molecule has 3 rings (SSSR count). The van der Waals surface area contributed by atoms with Crippen molar-refractivity contribution < 1.29 is 0 Å². The zero-order chi connectivity index (χ0) is 13.8. The highest BCUT2D eigenvalue weighted by atomic mass is 15.1. The lowest BCUT2D eigenvalue weighted by Gasteiger charge is -2.40. The summed E-state index contributed by atoms with van der Waals surface area (Å²) in [6, 6.07) is 0.846. The van der Waals surface area contributed by atoms with Crippen molar-refractivity contribution in [2.24, 2.45) is 17.8 Å². The molecule has 0 spiro atoms. The predicted molar refractivity (Wildman–Crippen MR) is 85.9 cm³/mol. The summed E-state index contributed by atoms with van der Waals surface area (Å²) in [7, 11) is 0. The molecule has 2 aliphatic carbocycles. The van der Waals surface area contributed by atoms with Gasteiger partial charge in [-0.15, -0.1) is 0 Å². The fraction of sp³-hybridized carbons (Fsp3) is 1.00. The van der Waals surface area contributed by atoms with Crippen molar-refractivity contribution in [1.82, 2.24) is 10.2 Å². The van der Waals surface area contributed by atoms with E-state index in [1.807, 2.05) is 0 Å². The van der Waals surface area contributed by atoms with Crippen LogP contribution in [0, 0.1) is 17.8 Å². The van der Waals surface area contributed by atoms with Crippen LogP contribution in [0.25, 0.3) is 0 Å². The van der Waals surface area contributed by atoms with E-state index in [-0.39, 0.29) is 0 Å². The predicted octanol–water partition coefficient (Wildman–Crippen LogP) is 3.67. The number of fused-ring (bicyclic) bond motifs is 1. The molecule has 116 valence electrons. The molecule has 0 radical (unpaired) electrons. The van der Waals surface area contributed by atoms with Gasteiger partial charge in [0.25, 0.3) is 0 Å². The number of hydrogen-bond acceptors (Lipinski definition) is 2. The molecule has 3 aliphatic rings. The van der Waals surface area contributed by atoms with Gasteiger partial charge in [0.05, 0.1) is 0 Å². The minimum Gasteiger partial charge on any atom is -0.314 e. The Morgan fingerprint density at radius 1 is 0.900 bits per heavy atom. The first-order valence-corrected chi connectivity index (χ1v) is 9.31. The molecule has 1 aliphatic heterocycles. The normalized spacial score (nSPS) is 36.8. The molecule has 0 bridgehead atoms. The van der Waals surface area contributed by atoms with Crippen molar-refractivity contribution in [3.05, 3.63) is 0 Å². The molecular formula is C18H34N2. The molecule has 0 aromatic heterocycles.